The molecular formula is C15H24N2O2. The first-order valence-electron chi connectivity index (χ1n) is 6.88. The van der Waals surface area contributed by atoms with Gasteiger partial charge in [0, 0.05) is 18.2 Å². The van der Waals surface area contributed by atoms with Crippen LogP contribution in [0.4, 0.5) is 5.69 Å². The molecule has 0 aliphatic heterocycles. The summed E-state index contributed by atoms with van der Waals surface area (Å²) in [7, 11) is 0. The third kappa shape index (κ3) is 6.25. The van der Waals surface area contributed by atoms with Gasteiger partial charge in [0.05, 0.1) is 6.61 Å². The van der Waals surface area contributed by atoms with Crippen LogP contribution in [0.15, 0.2) is 24.3 Å². The molecule has 0 radical (unpaired) electrons. The number of nitrogens with two attached hydrogens (primary N) is 1. The van der Waals surface area contributed by atoms with E-state index in [4.69, 9.17) is 10.5 Å². The Labute approximate surface area is 115 Å². The minimum atomic E-state index is 0.0212. The smallest absolute Gasteiger partial charge is 0.224 e. The van der Waals surface area contributed by atoms with Crippen molar-refractivity contribution < 1.29 is 9.53 Å². The molecule has 1 amide bonds. The Morgan fingerprint density at radius 1 is 1.47 bits per heavy atom. The van der Waals surface area contributed by atoms with Gasteiger partial charge in [0.1, 0.15) is 5.75 Å². The third-order valence-electron chi connectivity index (χ3n) is 2.86. The topological polar surface area (TPSA) is 64.3 Å². The zero-order valence-corrected chi connectivity index (χ0v) is 11.8. The number of nitrogens with one attached hydrogen (secondary N) is 1. The van der Waals surface area contributed by atoms with E-state index in [0.29, 0.717) is 25.5 Å². The number of amides is 1. The molecule has 0 spiro atoms. The molecule has 3 N–H and O–H groups in total. The first kappa shape index (κ1) is 15.5. The van der Waals surface area contributed by atoms with Crippen molar-refractivity contribution in [1.29, 1.82) is 0 Å². The molecular weight excluding hydrogens is 240 g/mol. The van der Waals surface area contributed by atoms with Crippen LogP contribution in [0, 0.1) is 5.92 Å². The second-order valence-corrected chi connectivity index (χ2v) is 4.80. The summed E-state index contributed by atoms with van der Waals surface area (Å²) in [6, 6.07) is 7.48. The van der Waals surface area contributed by atoms with Gasteiger partial charge in [-0.2, -0.15) is 0 Å². The summed E-state index contributed by atoms with van der Waals surface area (Å²) >= 11 is 0. The number of carbonyl (C=O) groups is 1. The van der Waals surface area contributed by atoms with Crippen LogP contribution < -0.4 is 15.8 Å². The van der Waals surface area contributed by atoms with Crippen molar-refractivity contribution >= 4 is 11.6 Å². The highest BCUT2D eigenvalue weighted by atomic mass is 16.5. The zero-order chi connectivity index (χ0) is 14.1. The van der Waals surface area contributed by atoms with Crippen LogP contribution in [-0.2, 0) is 4.79 Å². The molecule has 1 aromatic carbocycles. The molecule has 1 unspecified atom stereocenters. The fourth-order valence-electron chi connectivity index (χ4n) is 1.60. The maximum atomic E-state index is 11.8. The van der Waals surface area contributed by atoms with E-state index in [9.17, 15) is 4.79 Å². The number of ether oxygens (including phenoxy) is 1. The molecule has 4 nitrogen and oxygen atoms in total. The molecule has 0 saturated heterocycles. The molecule has 1 aromatic rings. The summed E-state index contributed by atoms with van der Waals surface area (Å²) in [5, 5.41) is 2.88. The van der Waals surface area contributed by atoms with Crippen LogP contribution in [0.2, 0.25) is 0 Å². The highest BCUT2D eigenvalue weighted by molar-refractivity contribution is 5.90. The molecule has 0 aliphatic carbocycles. The SMILES string of the molecule is CCCOc1cccc(NC(=O)CCC(C)CN)c1. The van der Waals surface area contributed by atoms with E-state index in [1.165, 1.54) is 0 Å². The summed E-state index contributed by atoms with van der Waals surface area (Å²) in [5.41, 5.74) is 6.31. The van der Waals surface area contributed by atoms with Gasteiger partial charge in [0.15, 0.2) is 0 Å². The van der Waals surface area contributed by atoms with Gasteiger partial charge in [-0.1, -0.05) is 19.9 Å². The van der Waals surface area contributed by atoms with Gasteiger partial charge in [-0.25, -0.2) is 0 Å². The molecule has 4 heteroatoms. The predicted octanol–water partition coefficient (Wildman–Crippen LogP) is 2.79. The standard InChI is InChI=1S/C15H24N2O2/c1-3-9-19-14-6-4-5-13(10-14)17-15(18)8-7-12(2)11-16/h4-6,10,12H,3,7-9,11,16H2,1-2H3,(H,17,18). The third-order valence-corrected chi connectivity index (χ3v) is 2.86. The van der Waals surface area contributed by atoms with Crippen LogP contribution >= 0.6 is 0 Å². The molecule has 0 saturated carbocycles. The zero-order valence-electron chi connectivity index (χ0n) is 11.8. The Hall–Kier alpha value is -1.55. The average Bonchev–Trinajstić information content (AvgIpc) is 2.43. The van der Waals surface area contributed by atoms with Crippen molar-refractivity contribution in [2.24, 2.45) is 11.7 Å². The minimum absolute atomic E-state index is 0.0212. The molecule has 1 rings (SSSR count). The fourth-order valence-corrected chi connectivity index (χ4v) is 1.60. The van der Waals surface area contributed by atoms with Crippen molar-refractivity contribution in [3.8, 4) is 5.75 Å². The van der Waals surface area contributed by atoms with E-state index in [-0.39, 0.29) is 5.91 Å². The van der Waals surface area contributed by atoms with Crippen LogP contribution in [0.5, 0.6) is 5.75 Å². The van der Waals surface area contributed by atoms with Crippen LogP contribution in [-0.4, -0.2) is 19.1 Å². The highest BCUT2D eigenvalue weighted by Crippen LogP contribution is 2.18. The number of anilines is 1. The van der Waals surface area contributed by atoms with Crippen LogP contribution in [0.3, 0.4) is 0 Å². The maximum Gasteiger partial charge on any atom is 0.224 e. The van der Waals surface area contributed by atoms with Crippen molar-refractivity contribution in [3.05, 3.63) is 24.3 Å². The lowest BCUT2D eigenvalue weighted by Gasteiger charge is -2.10. The summed E-state index contributed by atoms with van der Waals surface area (Å²) in [6.07, 6.45) is 2.28. The van der Waals surface area contributed by atoms with Gasteiger partial charge >= 0.3 is 0 Å². The predicted molar refractivity (Wildman–Crippen MR) is 78.3 cm³/mol. The first-order valence-corrected chi connectivity index (χ1v) is 6.88. The number of hydrogen-bond donors (Lipinski definition) is 2. The van der Waals surface area contributed by atoms with E-state index in [1.54, 1.807) is 0 Å². The van der Waals surface area contributed by atoms with Crippen LogP contribution in [0.25, 0.3) is 0 Å². The second-order valence-electron chi connectivity index (χ2n) is 4.80. The Morgan fingerprint density at radius 2 is 2.26 bits per heavy atom. The average molecular weight is 264 g/mol. The monoisotopic (exact) mass is 264 g/mol. The number of rotatable bonds is 8. The van der Waals surface area contributed by atoms with Gasteiger partial charge in [-0.05, 0) is 37.4 Å². The molecule has 0 fully saturated rings. The number of hydrogen-bond acceptors (Lipinski definition) is 3. The Kier molecular flexibility index (Phi) is 6.97. The Balaban J connectivity index is 2.45. The van der Waals surface area contributed by atoms with Crippen LogP contribution in [0.1, 0.15) is 33.1 Å². The lowest BCUT2D eigenvalue weighted by atomic mass is 10.1. The number of benzene rings is 1. The van der Waals surface area contributed by atoms with E-state index in [2.05, 4.69) is 12.2 Å². The highest BCUT2D eigenvalue weighted by Gasteiger charge is 2.06. The quantitative estimate of drug-likeness (QED) is 0.759. The molecule has 0 bridgehead atoms. The summed E-state index contributed by atoms with van der Waals surface area (Å²) in [6.45, 7) is 5.41. The van der Waals surface area contributed by atoms with E-state index in [1.807, 2.05) is 31.2 Å². The van der Waals surface area contributed by atoms with E-state index in [0.717, 1.165) is 24.3 Å². The van der Waals surface area contributed by atoms with Gasteiger partial charge in [0.25, 0.3) is 0 Å². The normalized spacial score (nSPS) is 11.9. The lowest BCUT2D eigenvalue weighted by Crippen LogP contribution is -2.16. The van der Waals surface area contributed by atoms with E-state index >= 15 is 0 Å². The van der Waals surface area contributed by atoms with Gasteiger partial charge in [0.2, 0.25) is 5.91 Å². The number of carbonyl (C=O) groups excluding carboxylic acids is 1. The Morgan fingerprint density at radius 3 is 2.95 bits per heavy atom. The molecule has 19 heavy (non-hydrogen) atoms. The Bertz CT molecular complexity index is 393. The van der Waals surface area contributed by atoms with Gasteiger partial charge < -0.3 is 15.8 Å². The van der Waals surface area contributed by atoms with Crippen molar-refractivity contribution in [3.63, 3.8) is 0 Å². The van der Waals surface area contributed by atoms with Gasteiger partial charge in [-0.15, -0.1) is 0 Å². The molecule has 0 aromatic heterocycles. The van der Waals surface area contributed by atoms with E-state index < -0.39 is 0 Å². The summed E-state index contributed by atoms with van der Waals surface area (Å²) < 4.78 is 5.53. The second kappa shape index (κ2) is 8.53. The van der Waals surface area contributed by atoms with Crippen molar-refractivity contribution in [1.82, 2.24) is 0 Å². The summed E-state index contributed by atoms with van der Waals surface area (Å²) in [5.74, 6) is 1.19. The molecule has 1 atom stereocenters. The maximum absolute atomic E-state index is 11.8. The fraction of sp³-hybridized carbons (Fsp3) is 0.533. The lowest BCUT2D eigenvalue weighted by molar-refractivity contribution is -0.116. The van der Waals surface area contributed by atoms with Crippen molar-refractivity contribution in [2.75, 3.05) is 18.5 Å². The van der Waals surface area contributed by atoms with Gasteiger partial charge in [-0.3, -0.25) is 4.79 Å². The largest absolute Gasteiger partial charge is 0.494 e. The summed E-state index contributed by atoms with van der Waals surface area (Å²) in [4.78, 5) is 11.8. The van der Waals surface area contributed by atoms with Crippen molar-refractivity contribution in [2.45, 2.75) is 33.1 Å². The minimum Gasteiger partial charge on any atom is -0.494 e. The first-order chi connectivity index (χ1) is 9.15. The molecule has 0 aliphatic rings. The molecule has 0 heterocycles. The molecule has 106 valence electrons.